The van der Waals surface area contributed by atoms with E-state index in [1.54, 1.807) is 54.6 Å². The number of likely N-dealkylation sites (tertiary alicyclic amines) is 1. The van der Waals surface area contributed by atoms with E-state index in [0.29, 0.717) is 23.5 Å². The average molecular weight is 362 g/mol. The first-order chi connectivity index (χ1) is 13.1. The van der Waals surface area contributed by atoms with Gasteiger partial charge in [-0.2, -0.15) is 5.26 Å². The third-order valence-electron chi connectivity index (χ3n) is 4.34. The van der Waals surface area contributed by atoms with Crippen LogP contribution in [0.4, 0.5) is 0 Å². The minimum Gasteiger partial charge on any atom is -0.507 e. The summed E-state index contributed by atoms with van der Waals surface area (Å²) >= 11 is 0. The van der Waals surface area contributed by atoms with Gasteiger partial charge in [0.15, 0.2) is 0 Å². The van der Waals surface area contributed by atoms with Crippen LogP contribution >= 0.6 is 0 Å². The highest BCUT2D eigenvalue weighted by atomic mass is 16.5. The summed E-state index contributed by atoms with van der Waals surface area (Å²) in [7, 11) is 0. The number of ketones is 1. The number of hydrogen-bond donors (Lipinski definition) is 1. The Morgan fingerprint density at radius 1 is 1.15 bits per heavy atom. The Hall–Kier alpha value is -3.59. The van der Waals surface area contributed by atoms with Crippen molar-refractivity contribution in [1.29, 1.82) is 5.26 Å². The topological polar surface area (TPSA) is 90.6 Å². The number of aliphatic hydroxyl groups is 1. The van der Waals surface area contributed by atoms with E-state index in [4.69, 9.17) is 10.00 Å². The lowest BCUT2D eigenvalue weighted by atomic mass is 9.95. The van der Waals surface area contributed by atoms with E-state index in [2.05, 4.69) is 0 Å². The van der Waals surface area contributed by atoms with Gasteiger partial charge in [-0.05, 0) is 24.6 Å². The molecule has 0 radical (unpaired) electrons. The summed E-state index contributed by atoms with van der Waals surface area (Å²) in [5.41, 5.74) is 1.03. The van der Waals surface area contributed by atoms with Crippen LogP contribution < -0.4 is 4.74 Å². The number of nitriles is 1. The average Bonchev–Trinajstić information content (AvgIpc) is 2.94. The zero-order valence-electron chi connectivity index (χ0n) is 14.8. The van der Waals surface area contributed by atoms with Crippen LogP contribution in [0.1, 0.15) is 24.1 Å². The summed E-state index contributed by atoms with van der Waals surface area (Å²) in [5.74, 6) is -1.20. The van der Waals surface area contributed by atoms with Crippen LogP contribution in [0.2, 0.25) is 0 Å². The Balaban J connectivity index is 2.13. The molecule has 6 nitrogen and oxygen atoms in total. The van der Waals surface area contributed by atoms with Crippen molar-refractivity contribution < 1.29 is 19.4 Å². The Kier molecular flexibility index (Phi) is 5.23. The molecule has 136 valence electrons. The van der Waals surface area contributed by atoms with Crippen molar-refractivity contribution in [3.05, 3.63) is 71.3 Å². The van der Waals surface area contributed by atoms with Crippen LogP contribution in [-0.4, -0.2) is 34.8 Å². The SMILES string of the molecule is CCOc1ccc(C2/C(=C(\O)c3ccccc3)C(=O)C(=O)N2CC#N)cc1. The molecule has 1 fully saturated rings. The summed E-state index contributed by atoms with van der Waals surface area (Å²) in [4.78, 5) is 26.2. The highest BCUT2D eigenvalue weighted by Gasteiger charge is 2.45. The van der Waals surface area contributed by atoms with Crippen molar-refractivity contribution in [1.82, 2.24) is 4.90 Å². The summed E-state index contributed by atoms with van der Waals surface area (Å²) in [6.45, 7) is 2.13. The van der Waals surface area contributed by atoms with Crippen LogP contribution in [0.3, 0.4) is 0 Å². The lowest BCUT2D eigenvalue weighted by Gasteiger charge is -2.23. The largest absolute Gasteiger partial charge is 0.507 e. The number of amides is 1. The van der Waals surface area contributed by atoms with Gasteiger partial charge in [-0.1, -0.05) is 42.5 Å². The summed E-state index contributed by atoms with van der Waals surface area (Å²) in [5, 5.41) is 19.8. The predicted molar refractivity (Wildman–Crippen MR) is 98.7 cm³/mol. The fraction of sp³-hybridized carbons (Fsp3) is 0.190. The van der Waals surface area contributed by atoms with Gasteiger partial charge in [-0.25, -0.2) is 0 Å². The summed E-state index contributed by atoms with van der Waals surface area (Å²) < 4.78 is 5.42. The van der Waals surface area contributed by atoms with Gasteiger partial charge in [0.05, 0.1) is 24.3 Å². The molecule has 0 aromatic heterocycles. The van der Waals surface area contributed by atoms with Gasteiger partial charge in [0, 0.05) is 5.56 Å². The van der Waals surface area contributed by atoms with Crippen molar-refractivity contribution in [3.8, 4) is 11.8 Å². The number of aliphatic hydroxyl groups excluding tert-OH is 1. The molecule has 2 aromatic rings. The number of hydrogen-bond acceptors (Lipinski definition) is 5. The molecule has 27 heavy (non-hydrogen) atoms. The molecule has 3 rings (SSSR count). The van der Waals surface area contributed by atoms with E-state index in [-0.39, 0.29) is 17.9 Å². The second-order valence-electron chi connectivity index (χ2n) is 5.95. The van der Waals surface area contributed by atoms with Gasteiger partial charge in [-0.15, -0.1) is 0 Å². The maximum absolute atomic E-state index is 12.6. The fourth-order valence-corrected chi connectivity index (χ4v) is 3.13. The number of benzene rings is 2. The molecule has 1 N–H and O–H groups in total. The lowest BCUT2D eigenvalue weighted by Crippen LogP contribution is -2.30. The van der Waals surface area contributed by atoms with Crippen LogP contribution in [0, 0.1) is 11.3 Å². The molecule has 1 unspecified atom stereocenters. The minimum atomic E-state index is -0.833. The molecule has 2 aromatic carbocycles. The van der Waals surface area contributed by atoms with E-state index in [0.717, 1.165) is 0 Å². The number of rotatable bonds is 5. The van der Waals surface area contributed by atoms with Crippen molar-refractivity contribution in [2.45, 2.75) is 13.0 Å². The van der Waals surface area contributed by atoms with E-state index in [9.17, 15) is 14.7 Å². The molecule has 6 heteroatoms. The zero-order valence-corrected chi connectivity index (χ0v) is 14.8. The second-order valence-corrected chi connectivity index (χ2v) is 5.95. The molecule has 0 bridgehead atoms. The second kappa shape index (κ2) is 7.75. The van der Waals surface area contributed by atoms with Gasteiger partial charge < -0.3 is 14.7 Å². The third kappa shape index (κ3) is 3.40. The number of Topliss-reactive ketones (excluding diaryl/α,β-unsaturated/α-hetero) is 1. The van der Waals surface area contributed by atoms with Gasteiger partial charge in [0.1, 0.15) is 18.1 Å². The molecule has 1 atom stereocenters. The predicted octanol–water partition coefficient (Wildman–Crippen LogP) is 3.03. The first kappa shape index (κ1) is 18.2. The minimum absolute atomic E-state index is 0.0226. The normalized spacial score (nSPS) is 18.4. The van der Waals surface area contributed by atoms with E-state index >= 15 is 0 Å². The van der Waals surface area contributed by atoms with E-state index < -0.39 is 17.7 Å². The fourth-order valence-electron chi connectivity index (χ4n) is 3.13. The van der Waals surface area contributed by atoms with Crippen molar-refractivity contribution >= 4 is 17.4 Å². The molecule has 0 saturated carbocycles. The number of carbonyl (C=O) groups is 2. The van der Waals surface area contributed by atoms with Crippen LogP contribution in [0.5, 0.6) is 5.75 Å². The van der Waals surface area contributed by atoms with Crippen LogP contribution in [0.25, 0.3) is 5.76 Å². The number of ether oxygens (including phenoxy) is 1. The molecule has 1 amide bonds. The first-order valence-electron chi connectivity index (χ1n) is 8.52. The highest BCUT2D eigenvalue weighted by molar-refractivity contribution is 6.46. The Morgan fingerprint density at radius 2 is 1.81 bits per heavy atom. The molecule has 1 saturated heterocycles. The third-order valence-corrected chi connectivity index (χ3v) is 4.34. The maximum atomic E-state index is 12.6. The van der Waals surface area contributed by atoms with Crippen molar-refractivity contribution in [3.63, 3.8) is 0 Å². The maximum Gasteiger partial charge on any atom is 0.296 e. The number of carbonyl (C=O) groups excluding carboxylic acids is 2. The van der Waals surface area contributed by atoms with Gasteiger partial charge in [0.2, 0.25) is 0 Å². The van der Waals surface area contributed by atoms with Crippen LogP contribution in [-0.2, 0) is 9.59 Å². The van der Waals surface area contributed by atoms with E-state index in [1.165, 1.54) is 4.90 Å². The Morgan fingerprint density at radius 3 is 2.41 bits per heavy atom. The zero-order chi connectivity index (χ0) is 19.4. The molecule has 1 heterocycles. The van der Waals surface area contributed by atoms with Gasteiger partial charge in [-0.3, -0.25) is 9.59 Å². The molecular formula is C21H18N2O4. The first-order valence-corrected chi connectivity index (χ1v) is 8.52. The molecule has 0 spiro atoms. The van der Waals surface area contributed by atoms with Crippen molar-refractivity contribution in [2.24, 2.45) is 0 Å². The van der Waals surface area contributed by atoms with Crippen molar-refractivity contribution in [2.75, 3.05) is 13.2 Å². The summed E-state index contributed by atoms with van der Waals surface area (Å²) in [6.07, 6.45) is 0. The molecular weight excluding hydrogens is 344 g/mol. The quantitative estimate of drug-likeness (QED) is 0.382. The summed E-state index contributed by atoms with van der Waals surface area (Å²) in [6, 6.07) is 16.5. The van der Waals surface area contributed by atoms with Crippen LogP contribution in [0.15, 0.2) is 60.2 Å². The number of nitrogens with zero attached hydrogens (tertiary/aromatic N) is 2. The Bertz CT molecular complexity index is 927. The van der Waals surface area contributed by atoms with Gasteiger partial charge in [0.25, 0.3) is 11.7 Å². The highest BCUT2D eigenvalue weighted by Crippen LogP contribution is 2.39. The Labute approximate surface area is 156 Å². The van der Waals surface area contributed by atoms with E-state index in [1.807, 2.05) is 13.0 Å². The molecule has 0 aliphatic carbocycles. The smallest absolute Gasteiger partial charge is 0.296 e. The van der Waals surface area contributed by atoms with Gasteiger partial charge >= 0.3 is 0 Å². The molecule has 1 aliphatic heterocycles. The monoisotopic (exact) mass is 362 g/mol. The standard InChI is InChI=1S/C21H18N2O4/c1-2-27-16-10-8-14(9-11-16)18-17(19(24)15-6-4-3-5-7-15)20(25)21(26)23(18)13-12-22/h3-11,18,24H,2,13H2,1H3/b19-17+. The molecule has 1 aliphatic rings. The lowest BCUT2D eigenvalue weighted by molar-refractivity contribution is -0.139.